The molecule has 0 aromatic heterocycles. The molecule has 0 aromatic carbocycles. The van der Waals surface area contributed by atoms with Crippen LogP contribution in [0.4, 0.5) is 0 Å². The molecule has 0 radical (unpaired) electrons. The van der Waals surface area contributed by atoms with Crippen LogP contribution < -0.4 is 0 Å². The molecule has 0 saturated heterocycles. The summed E-state index contributed by atoms with van der Waals surface area (Å²) in [6.07, 6.45) is 13.3. The van der Waals surface area contributed by atoms with Crippen molar-refractivity contribution in [2.75, 3.05) is 0 Å². The molecular weight excluding hydrogens is 306 g/mol. The number of hydrogen-bond donors (Lipinski definition) is 1. The molecule has 2 rings (SSSR count). The maximum atomic E-state index is 8.74. The molecule has 2 nitrogen and oxygen atoms in total. The van der Waals surface area contributed by atoms with Crippen molar-refractivity contribution in [1.82, 2.24) is 0 Å². The Morgan fingerprint density at radius 1 is 1.24 bits per heavy atom. The molecule has 0 spiro atoms. The van der Waals surface area contributed by atoms with Crippen LogP contribution >= 0.6 is 0 Å². The first-order chi connectivity index (χ1) is 11.7. The number of rotatable bonds is 6. The Kier molecular flexibility index (Phi) is 6.56. The summed E-state index contributed by atoms with van der Waals surface area (Å²) in [5, 5.41) is 12.0. The van der Waals surface area contributed by atoms with E-state index in [0.29, 0.717) is 16.7 Å². The summed E-state index contributed by atoms with van der Waals surface area (Å²) in [5.41, 5.74) is 4.71. The summed E-state index contributed by atoms with van der Waals surface area (Å²) in [4.78, 5) is 0. The fraction of sp³-hybridized carbons (Fsp3) is 0.783. The molecule has 2 heteroatoms. The Labute approximate surface area is 155 Å². The molecule has 0 aromatic rings. The minimum absolute atomic E-state index is 0.442. The number of nitrogens with zero attached hydrogens (tertiary/aromatic N) is 1. The highest BCUT2D eigenvalue weighted by molar-refractivity contribution is 5.81. The van der Waals surface area contributed by atoms with Crippen molar-refractivity contribution in [3.8, 4) is 0 Å². The van der Waals surface area contributed by atoms with E-state index in [1.165, 1.54) is 56.1 Å². The SMILES string of the molecule is C=C1CC[C@@H]2C(C)(C)CCC[C@@]2(C)[C@@H]1CC/C(C)=C\CC/C(C)=N\O. The number of allylic oxidation sites excluding steroid dienone is 3. The zero-order valence-electron chi connectivity index (χ0n) is 17.2. The van der Waals surface area contributed by atoms with E-state index in [1.54, 1.807) is 0 Å². The topological polar surface area (TPSA) is 32.6 Å². The molecule has 0 bridgehead atoms. The molecule has 2 fully saturated rings. The molecule has 3 atom stereocenters. The van der Waals surface area contributed by atoms with Gasteiger partial charge in [0.2, 0.25) is 0 Å². The van der Waals surface area contributed by atoms with Crippen LogP contribution in [0.1, 0.15) is 92.4 Å². The second kappa shape index (κ2) is 8.10. The van der Waals surface area contributed by atoms with Crippen LogP contribution in [0, 0.1) is 22.7 Å². The quantitative estimate of drug-likeness (QED) is 0.236. The summed E-state index contributed by atoms with van der Waals surface area (Å²) >= 11 is 0. The highest BCUT2D eigenvalue weighted by atomic mass is 16.4. The first-order valence-corrected chi connectivity index (χ1v) is 10.2. The highest BCUT2D eigenvalue weighted by Crippen LogP contribution is 2.61. The summed E-state index contributed by atoms with van der Waals surface area (Å²) in [7, 11) is 0. The molecule has 0 heterocycles. The molecule has 0 aliphatic heterocycles. The van der Waals surface area contributed by atoms with E-state index in [2.05, 4.69) is 45.5 Å². The van der Waals surface area contributed by atoms with Crippen molar-refractivity contribution in [1.29, 1.82) is 0 Å². The van der Waals surface area contributed by atoms with Crippen LogP contribution in [-0.4, -0.2) is 10.9 Å². The molecule has 142 valence electrons. The molecule has 2 aliphatic rings. The third kappa shape index (κ3) is 4.57. The van der Waals surface area contributed by atoms with Crippen LogP contribution in [0.3, 0.4) is 0 Å². The maximum Gasteiger partial charge on any atom is 0.0543 e. The number of oxime groups is 1. The van der Waals surface area contributed by atoms with Crippen LogP contribution in [0.5, 0.6) is 0 Å². The van der Waals surface area contributed by atoms with Gasteiger partial charge < -0.3 is 5.21 Å². The van der Waals surface area contributed by atoms with Crippen molar-refractivity contribution < 1.29 is 5.21 Å². The Bertz CT molecular complexity index is 542. The van der Waals surface area contributed by atoms with E-state index in [0.717, 1.165) is 24.5 Å². The Hall–Kier alpha value is -1.05. The van der Waals surface area contributed by atoms with Gasteiger partial charge in [-0.15, -0.1) is 0 Å². The average Bonchev–Trinajstić information content (AvgIpc) is 2.53. The van der Waals surface area contributed by atoms with E-state index in [-0.39, 0.29) is 0 Å². The molecule has 2 saturated carbocycles. The minimum Gasteiger partial charge on any atom is -0.411 e. The lowest BCUT2D eigenvalue weighted by atomic mass is 9.47. The zero-order chi connectivity index (χ0) is 18.7. The number of hydrogen-bond acceptors (Lipinski definition) is 2. The van der Waals surface area contributed by atoms with Gasteiger partial charge >= 0.3 is 0 Å². The normalized spacial score (nSPS) is 33.2. The van der Waals surface area contributed by atoms with Gasteiger partial charge in [-0.25, -0.2) is 0 Å². The van der Waals surface area contributed by atoms with Gasteiger partial charge in [-0.1, -0.05) is 56.1 Å². The lowest BCUT2D eigenvalue weighted by molar-refractivity contribution is -0.0539. The summed E-state index contributed by atoms with van der Waals surface area (Å²) in [6, 6.07) is 0. The van der Waals surface area contributed by atoms with Crippen LogP contribution in [0.25, 0.3) is 0 Å². The molecule has 1 N–H and O–H groups in total. The van der Waals surface area contributed by atoms with Gasteiger partial charge in [0.25, 0.3) is 0 Å². The van der Waals surface area contributed by atoms with Crippen molar-refractivity contribution in [3.05, 3.63) is 23.8 Å². The van der Waals surface area contributed by atoms with Crippen molar-refractivity contribution in [2.45, 2.75) is 92.4 Å². The predicted octanol–water partition coefficient (Wildman–Crippen LogP) is 7.14. The van der Waals surface area contributed by atoms with Crippen molar-refractivity contribution >= 4 is 5.71 Å². The molecule has 25 heavy (non-hydrogen) atoms. The third-order valence-electron chi connectivity index (χ3n) is 7.32. The van der Waals surface area contributed by atoms with Gasteiger partial charge in [0.15, 0.2) is 0 Å². The lowest BCUT2D eigenvalue weighted by Gasteiger charge is -2.58. The molecule has 0 unspecified atom stereocenters. The van der Waals surface area contributed by atoms with Gasteiger partial charge in [-0.05, 0) is 87.9 Å². The van der Waals surface area contributed by atoms with Gasteiger partial charge in [-0.3, -0.25) is 0 Å². The van der Waals surface area contributed by atoms with E-state index in [4.69, 9.17) is 5.21 Å². The molecule has 0 amide bonds. The lowest BCUT2D eigenvalue weighted by Crippen LogP contribution is -2.49. The van der Waals surface area contributed by atoms with Gasteiger partial charge in [0, 0.05) is 0 Å². The summed E-state index contributed by atoms with van der Waals surface area (Å²) < 4.78 is 0. The Morgan fingerprint density at radius 3 is 2.64 bits per heavy atom. The van der Waals surface area contributed by atoms with Gasteiger partial charge in [0.05, 0.1) is 5.71 Å². The predicted molar refractivity (Wildman–Crippen MR) is 108 cm³/mol. The minimum atomic E-state index is 0.442. The first-order valence-electron chi connectivity index (χ1n) is 10.2. The van der Waals surface area contributed by atoms with E-state index < -0.39 is 0 Å². The largest absolute Gasteiger partial charge is 0.411 e. The van der Waals surface area contributed by atoms with Crippen molar-refractivity contribution in [3.63, 3.8) is 0 Å². The second-order valence-electron chi connectivity index (χ2n) is 9.61. The third-order valence-corrected chi connectivity index (χ3v) is 7.32. The fourth-order valence-electron chi connectivity index (χ4n) is 5.86. The smallest absolute Gasteiger partial charge is 0.0543 e. The molecule has 2 aliphatic carbocycles. The zero-order valence-corrected chi connectivity index (χ0v) is 17.2. The van der Waals surface area contributed by atoms with Crippen molar-refractivity contribution in [2.24, 2.45) is 27.8 Å². The van der Waals surface area contributed by atoms with E-state index in [1.807, 2.05) is 6.92 Å². The summed E-state index contributed by atoms with van der Waals surface area (Å²) in [5.74, 6) is 1.52. The Balaban J connectivity index is 2.02. The van der Waals surface area contributed by atoms with Crippen LogP contribution in [0.15, 0.2) is 29.0 Å². The van der Waals surface area contributed by atoms with Gasteiger partial charge in [0.1, 0.15) is 0 Å². The monoisotopic (exact) mass is 345 g/mol. The maximum absolute atomic E-state index is 8.74. The summed E-state index contributed by atoms with van der Waals surface area (Å²) in [6.45, 7) is 16.2. The second-order valence-corrected chi connectivity index (χ2v) is 9.61. The highest BCUT2D eigenvalue weighted by Gasteiger charge is 2.52. The van der Waals surface area contributed by atoms with E-state index >= 15 is 0 Å². The van der Waals surface area contributed by atoms with E-state index in [9.17, 15) is 0 Å². The Morgan fingerprint density at radius 2 is 1.96 bits per heavy atom. The van der Waals surface area contributed by atoms with Gasteiger partial charge in [-0.2, -0.15) is 0 Å². The fourth-order valence-corrected chi connectivity index (χ4v) is 5.86. The van der Waals surface area contributed by atoms with Crippen LogP contribution in [-0.2, 0) is 0 Å². The van der Waals surface area contributed by atoms with Crippen LogP contribution in [0.2, 0.25) is 0 Å². The standard InChI is InChI=1S/C23H39NO/c1-17(9-7-10-19(3)24-25)11-13-20-18(2)12-14-21-22(4,5)15-8-16-23(20,21)6/h9,20-21,25H,2,7-8,10-16H2,1,3-6H3/b17-9-,24-19-/t20-,21-,23+/m1/s1. The molecular formula is C23H39NO. The first kappa shape index (κ1) is 20.3. The number of fused-ring (bicyclic) bond motifs is 1. The average molecular weight is 346 g/mol.